The fourth-order valence-electron chi connectivity index (χ4n) is 2.53. The van der Waals surface area contributed by atoms with E-state index in [9.17, 15) is 14.4 Å². The second-order valence-electron chi connectivity index (χ2n) is 6.63. The zero-order chi connectivity index (χ0) is 19.2. The molecule has 0 bridgehead atoms. The number of hydrogen-bond donors (Lipinski definition) is 4. The van der Waals surface area contributed by atoms with E-state index in [1.165, 1.54) is 32.6 Å². The number of ketones is 3. The summed E-state index contributed by atoms with van der Waals surface area (Å²) in [5.74, 6) is 0.395. The monoisotopic (exact) mass is 357 g/mol. The Hall–Kier alpha value is -1.15. The molecule has 2 saturated heterocycles. The number of carbonyl (C=O) groups excluding carboxylic acids is 3. The van der Waals surface area contributed by atoms with E-state index in [1.807, 2.05) is 0 Å². The molecule has 2 fully saturated rings. The first-order valence-corrected chi connectivity index (χ1v) is 9.14. The average molecular weight is 357 g/mol. The predicted molar refractivity (Wildman–Crippen MR) is 98.4 cm³/mol. The Kier molecular flexibility index (Phi) is 13.4. The summed E-state index contributed by atoms with van der Waals surface area (Å²) in [6.07, 6.45) is 6.94. The van der Waals surface area contributed by atoms with Gasteiger partial charge in [-0.15, -0.1) is 0 Å². The molecule has 0 spiro atoms. The number of Topliss-reactive ketones (excluding diaryl/α,β-unsaturated/α-hetero) is 3. The van der Waals surface area contributed by atoms with Crippen molar-refractivity contribution in [3.8, 4) is 0 Å². The molecule has 7 heteroatoms. The Balaban J connectivity index is 0.000000350. The number of aliphatic hydroxyl groups is 1. The van der Waals surface area contributed by atoms with Crippen molar-refractivity contribution in [3.63, 3.8) is 0 Å². The van der Waals surface area contributed by atoms with Gasteiger partial charge in [0.2, 0.25) is 0 Å². The van der Waals surface area contributed by atoms with Crippen LogP contribution in [-0.4, -0.2) is 60.3 Å². The number of carbonyl (C=O) groups is 3. The Labute approximate surface area is 151 Å². The minimum absolute atomic E-state index is 0.166. The molecule has 0 aliphatic carbocycles. The normalized spacial score (nSPS) is 23.9. The summed E-state index contributed by atoms with van der Waals surface area (Å²) in [6.45, 7) is 6.44. The highest BCUT2D eigenvalue weighted by Crippen LogP contribution is 2.07. The first kappa shape index (κ1) is 23.9. The van der Waals surface area contributed by atoms with Crippen LogP contribution in [0.2, 0.25) is 0 Å². The molecule has 5 N–H and O–H groups in total. The number of nitrogens with one attached hydrogen (secondary N) is 2. The fraction of sp³-hybridized carbons (Fsp3) is 0.833. The summed E-state index contributed by atoms with van der Waals surface area (Å²) in [5, 5.41) is 14.5. The van der Waals surface area contributed by atoms with Gasteiger partial charge in [-0.3, -0.25) is 14.4 Å². The topological polar surface area (TPSA) is 122 Å². The molecule has 146 valence electrons. The van der Waals surface area contributed by atoms with Gasteiger partial charge in [-0.25, -0.2) is 0 Å². The zero-order valence-electron chi connectivity index (χ0n) is 15.8. The first-order valence-electron chi connectivity index (χ1n) is 9.14. The van der Waals surface area contributed by atoms with Gasteiger partial charge in [0.25, 0.3) is 0 Å². The third-order valence-corrected chi connectivity index (χ3v) is 4.32. The largest absolute Gasteiger partial charge is 0.394 e. The van der Waals surface area contributed by atoms with Crippen LogP contribution in [0.25, 0.3) is 0 Å². The summed E-state index contributed by atoms with van der Waals surface area (Å²) in [4.78, 5) is 31.6. The summed E-state index contributed by atoms with van der Waals surface area (Å²) in [7, 11) is 0. The molecule has 7 nitrogen and oxygen atoms in total. The summed E-state index contributed by atoms with van der Waals surface area (Å²) >= 11 is 0. The molecule has 2 aliphatic rings. The molecular formula is C18H35N3O4. The molecule has 0 amide bonds. The van der Waals surface area contributed by atoms with Crippen molar-refractivity contribution in [1.82, 2.24) is 10.6 Å². The summed E-state index contributed by atoms with van der Waals surface area (Å²) in [6, 6.07) is -0.350. The van der Waals surface area contributed by atoms with Gasteiger partial charge in [-0.05, 0) is 59.5 Å². The van der Waals surface area contributed by atoms with E-state index in [1.54, 1.807) is 13.8 Å². The van der Waals surface area contributed by atoms with Crippen molar-refractivity contribution in [2.45, 2.75) is 77.4 Å². The quantitative estimate of drug-likeness (QED) is 0.572. The van der Waals surface area contributed by atoms with Crippen LogP contribution in [0.5, 0.6) is 0 Å². The maximum atomic E-state index is 10.7. The zero-order valence-corrected chi connectivity index (χ0v) is 15.8. The molecular weight excluding hydrogens is 322 g/mol. The molecule has 2 aliphatic heterocycles. The third kappa shape index (κ3) is 11.9. The molecule has 2 heterocycles. The van der Waals surface area contributed by atoms with Crippen LogP contribution in [-0.2, 0) is 14.4 Å². The molecule has 0 saturated carbocycles. The highest BCUT2D eigenvalue weighted by Gasteiger charge is 2.16. The van der Waals surface area contributed by atoms with Crippen LogP contribution in [0.15, 0.2) is 0 Å². The molecule has 25 heavy (non-hydrogen) atoms. The molecule has 3 atom stereocenters. The van der Waals surface area contributed by atoms with E-state index in [0.29, 0.717) is 0 Å². The van der Waals surface area contributed by atoms with Gasteiger partial charge in [-0.2, -0.15) is 0 Å². The van der Waals surface area contributed by atoms with E-state index in [2.05, 4.69) is 10.6 Å². The number of nitrogens with two attached hydrogens (primary N) is 1. The van der Waals surface area contributed by atoms with Gasteiger partial charge in [-0.1, -0.05) is 12.8 Å². The van der Waals surface area contributed by atoms with Crippen molar-refractivity contribution in [2.75, 3.05) is 19.7 Å². The van der Waals surface area contributed by atoms with E-state index < -0.39 is 6.04 Å². The Bertz CT molecular complexity index is 375. The van der Waals surface area contributed by atoms with Crippen molar-refractivity contribution < 1.29 is 19.5 Å². The van der Waals surface area contributed by atoms with Gasteiger partial charge in [0.05, 0.1) is 24.7 Å². The minimum Gasteiger partial charge on any atom is -0.394 e. The average Bonchev–Trinajstić information content (AvgIpc) is 2.63. The van der Waals surface area contributed by atoms with Crippen LogP contribution in [0.3, 0.4) is 0 Å². The van der Waals surface area contributed by atoms with E-state index in [0.717, 1.165) is 25.9 Å². The van der Waals surface area contributed by atoms with Crippen LogP contribution < -0.4 is 16.4 Å². The van der Waals surface area contributed by atoms with Gasteiger partial charge >= 0.3 is 0 Å². The Morgan fingerprint density at radius 1 is 0.920 bits per heavy atom. The van der Waals surface area contributed by atoms with Crippen LogP contribution in [0.1, 0.15) is 59.3 Å². The van der Waals surface area contributed by atoms with Gasteiger partial charge in [0, 0.05) is 0 Å². The Morgan fingerprint density at radius 3 is 1.44 bits per heavy atom. The van der Waals surface area contributed by atoms with Crippen molar-refractivity contribution >= 4 is 17.3 Å². The molecule has 0 aromatic rings. The van der Waals surface area contributed by atoms with Crippen LogP contribution in [0, 0.1) is 0 Å². The van der Waals surface area contributed by atoms with Gasteiger partial charge < -0.3 is 21.5 Å². The maximum absolute atomic E-state index is 10.7. The molecule has 0 aromatic carbocycles. The van der Waals surface area contributed by atoms with E-state index >= 15 is 0 Å². The lowest BCUT2D eigenvalue weighted by Crippen LogP contribution is -2.38. The SMILES string of the molecule is CC(=O)[C@@H](N)CO.CC(=O)[C@@H]1CCCCN1.CC(=O)[C@H]1CCCCN1. The Morgan fingerprint density at radius 2 is 1.32 bits per heavy atom. The van der Waals surface area contributed by atoms with Gasteiger partial charge in [0.15, 0.2) is 0 Å². The highest BCUT2D eigenvalue weighted by atomic mass is 16.3. The van der Waals surface area contributed by atoms with E-state index in [-0.39, 0.29) is 36.0 Å². The lowest BCUT2D eigenvalue weighted by atomic mass is 10.0. The number of piperidine rings is 2. The van der Waals surface area contributed by atoms with Crippen LogP contribution in [0.4, 0.5) is 0 Å². The van der Waals surface area contributed by atoms with Crippen molar-refractivity contribution in [1.29, 1.82) is 0 Å². The lowest BCUT2D eigenvalue weighted by molar-refractivity contribution is -0.120. The number of hydrogen-bond acceptors (Lipinski definition) is 7. The summed E-state index contributed by atoms with van der Waals surface area (Å²) < 4.78 is 0. The highest BCUT2D eigenvalue weighted by molar-refractivity contribution is 5.82. The number of rotatable bonds is 4. The predicted octanol–water partition coefficient (Wildman–Crippen LogP) is 0.330. The smallest absolute Gasteiger partial charge is 0.148 e. The molecule has 0 aromatic heterocycles. The van der Waals surface area contributed by atoms with Crippen molar-refractivity contribution in [3.05, 3.63) is 0 Å². The molecule has 0 unspecified atom stereocenters. The fourth-order valence-corrected chi connectivity index (χ4v) is 2.53. The second-order valence-corrected chi connectivity index (χ2v) is 6.63. The number of aliphatic hydroxyl groups excluding tert-OH is 1. The minimum atomic E-state index is -0.681. The summed E-state index contributed by atoms with van der Waals surface area (Å²) in [5.41, 5.74) is 5.02. The van der Waals surface area contributed by atoms with Gasteiger partial charge in [0.1, 0.15) is 17.3 Å². The standard InChI is InChI=1S/2C7H13NO.C4H9NO2/c2*1-6(9)7-4-2-3-5-8-7;1-3(7)4(5)2-6/h2*7-8H,2-5H2,1H3;4,6H,2,5H2,1H3/t2*7-;4-/m100/s1. The maximum Gasteiger partial charge on any atom is 0.148 e. The second kappa shape index (κ2) is 14.1. The van der Waals surface area contributed by atoms with E-state index in [4.69, 9.17) is 10.8 Å². The lowest BCUT2D eigenvalue weighted by Gasteiger charge is -2.20. The van der Waals surface area contributed by atoms with Crippen LogP contribution >= 0.6 is 0 Å². The molecule has 2 rings (SSSR count). The molecule has 0 radical (unpaired) electrons. The third-order valence-electron chi connectivity index (χ3n) is 4.32. The first-order chi connectivity index (χ1) is 11.8. The van der Waals surface area contributed by atoms with Crippen molar-refractivity contribution in [2.24, 2.45) is 5.73 Å².